The molecule has 3 N–H and O–H groups in total. The van der Waals surface area contributed by atoms with E-state index in [2.05, 4.69) is 16.5 Å². The number of nitriles is 1. The van der Waals surface area contributed by atoms with Crippen LogP contribution in [0.25, 0.3) is 5.69 Å². The van der Waals surface area contributed by atoms with Crippen molar-refractivity contribution >= 4 is 11.7 Å². The predicted molar refractivity (Wildman–Crippen MR) is 109 cm³/mol. The fourth-order valence-electron chi connectivity index (χ4n) is 2.98. The normalized spacial score (nSPS) is 10.4. The molecule has 3 aromatic rings. The summed E-state index contributed by atoms with van der Waals surface area (Å²) in [7, 11) is 0. The van der Waals surface area contributed by atoms with Crippen molar-refractivity contribution < 1.29 is 4.79 Å². The van der Waals surface area contributed by atoms with Gasteiger partial charge in [-0.15, -0.1) is 0 Å². The number of amides is 1. The number of carbonyl (C=O) groups excluding carboxylic acids is 1. The monoisotopic (exact) mass is 373 g/mol. The molecule has 0 aliphatic carbocycles. The Bertz CT molecular complexity index is 984. The van der Waals surface area contributed by atoms with Crippen LogP contribution in [0.15, 0.2) is 54.6 Å². The topological polar surface area (TPSA) is 96.7 Å². The molecule has 0 spiro atoms. The molecular formula is C22H23N5O. The summed E-state index contributed by atoms with van der Waals surface area (Å²) in [5, 5.41) is 16.9. The zero-order valence-electron chi connectivity index (χ0n) is 15.9. The highest BCUT2D eigenvalue weighted by molar-refractivity contribution is 5.78. The van der Waals surface area contributed by atoms with Crippen LogP contribution in [0.5, 0.6) is 0 Å². The molecule has 1 heterocycles. The smallest absolute Gasteiger partial charge is 0.224 e. The molecule has 0 fully saturated rings. The van der Waals surface area contributed by atoms with Gasteiger partial charge in [-0.05, 0) is 37.5 Å². The minimum atomic E-state index is -0.0151. The number of carbonyl (C=O) groups is 1. The molecule has 6 heteroatoms. The number of nitrogens with one attached hydrogen (secondary N) is 1. The van der Waals surface area contributed by atoms with E-state index in [1.54, 1.807) is 4.68 Å². The summed E-state index contributed by atoms with van der Waals surface area (Å²) < 4.78 is 1.59. The fraction of sp³-hybridized carbons (Fsp3) is 0.227. The molecule has 0 saturated carbocycles. The first-order valence-corrected chi connectivity index (χ1v) is 9.23. The van der Waals surface area contributed by atoms with Gasteiger partial charge in [0.15, 0.2) is 0 Å². The van der Waals surface area contributed by atoms with Crippen molar-refractivity contribution in [2.24, 2.45) is 0 Å². The molecule has 0 radical (unpaired) electrons. The third kappa shape index (κ3) is 4.57. The lowest BCUT2D eigenvalue weighted by molar-refractivity contribution is -0.120. The molecule has 0 aliphatic rings. The van der Waals surface area contributed by atoms with Gasteiger partial charge in [0.1, 0.15) is 17.5 Å². The van der Waals surface area contributed by atoms with Gasteiger partial charge in [0.2, 0.25) is 5.91 Å². The fourth-order valence-corrected chi connectivity index (χ4v) is 2.98. The zero-order chi connectivity index (χ0) is 19.9. The van der Waals surface area contributed by atoms with Crippen LogP contribution >= 0.6 is 0 Å². The first-order chi connectivity index (χ1) is 13.6. The molecule has 142 valence electrons. The maximum absolute atomic E-state index is 12.1. The SMILES string of the molecule is Cc1ccc(CC(=O)NCCCc2nn(-c3ccccc3)c(N)c2C#N)cc1. The molecule has 6 nitrogen and oxygen atoms in total. The first-order valence-electron chi connectivity index (χ1n) is 9.23. The first kappa shape index (κ1) is 19.2. The molecule has 0 saturated heterocycles. The van der Waals surface area contributed by atoms with E-state index >= 15 is 0 Å². The van der Waals surface area contributed by atoms with Gasteiger partial charge in [-0.25, -0.2) is 4.68 Å². The van der Waals surface area contributed by atoms with Crippen LogP contribution in [0.2, 0.25) is 0 Å². The Morgan fingerprint density at radius 3 is 2.57 bits per heavy atom. The number of hydrogen-bond acceptors (Lipinski definition) is 4. The quantitative estimate of drug-likeness (QED) is 0.622. The van der Waals surface area contributed by atoms with Gasteiger partial charge in [-0.1, -0.05) is 48.0 Å². The summed E-state index contributed by atoms with van der Waals surface area (Å²) >= 11 is 0. The number of aryl methyl sites for hydroxylation is 2. The second-order valence-electron chi connectivity index (χ2n) is 6.68. The molecule has 0 atom stereocenters. The standard InChI is InChI=1S/C22H23N5O/c1-16-9-11-17(12-10-16)14-21(28)25-13-5-8-20-19(15-23)22(24)27(26-20)18-6-3-2-4-7-18/h2-4,6-7,9-12H,5,8,13-14,24H2,1H3,(H,25,28). The Hall–Kier alpha value is -3.59. The van der Waals surface area contributed by atoms with Crippen molar-refractivity contribution in [3.05, 3.63) is 77.0 Å². The molecule has 2 aromatic carbocycles. The van der Waals surface area contributed by atoms with E-state index in [0.29, 0.717) is 42.9 Å². The average molecular weight is 373 g/mol. The van der Waals surface area contributed by atoms with Crippen molar-refractivity contribution in [1.29, 1.82) is 5.26 Å². The van der Waals surface area contributed by atoms with Gasteiger partial charge in [0.05, 0.1) is 17.8 Å². The van der Waals surface area contributed by atoms with Crippen molar-refractivity contribution in [3.63, 3.8) is 0 Å². The minimum Gasteiger partial charge on any atom is -0.382 e. The van der Waals surface area contributed by atoms with Crippen molar-refractivity contribution in [3.8, 4) is 11.8 Å². The molecule has 1 amide bonds. The number of hydrogen-bond donors (Lipinski definition) is 2. The second-order valence-corrected chi connectivity index (χ2v) is 6.68. The number of aromatic nitrogens is 2. The maximum Gasteiger partial charge on any atom is 0.224 e. The third-order valence-electron chi connectivity index (χ3n) is 4.50. The molecule has 3 rings (SSSR count). The van der Waals surface area contributed by atoms with E-state index in [1.807, 2.05) is 61.5 Å². The summed E-state index contributed by atoms with van der Waals surface area (Å²) in [4.78, 5) is 12.1. The third-order valence-corrected chi connectivity index (χ3v) is 4.50. The van der Waals surface area contributed by atoms with E-state index in [9.17, 15) is 10.1 Å². The van der Waals surface area contributed by atoms with Crippen LogP contribution in [0.3, 0.4) is 0 Å². The summed E-state index contributed by atoms with van der Waals surface area (Å²) in [6, 6.07) is 19.6. The van der Waals surface area contributed by atoms with Crippen molar-refractivity contribution in [1.82, 2.24) is 15.1 Å². The minimum absolute atomic E-state index is 0.0151. The zero-order valence-corrected chi connectivity index (χ0v) is 15.9. The highest BCUT2D eigenvalue weighted by atomic mass is 16.1. The van der Waals surface area contributed by atoms with E-state index in [-0.39, 0.29) is 5.91 Å². The number of benzene rings is 2. The highest BCUT2D eigenvalue weighted by Gasteiger charge is 2.16. The number of rotatable bonds is 7. The lowest BCUT2D eigenvalue weighted by Gasteiger charge is -2.05. The number of nitrogens with zero attached hydrogens (tertiary/aromatic N) is 3. The lowest BCUT2D eigenvalue weighted by Crippen LogP contribution is -2.26. The Kier molecular flexibility index (Phi) is 6.07. The van der Waals surface area contributed by atoms with Gasteiger partial charge in [0, 0.05) is 6.54 Å². The van der Waals surface area contributed by atoms with E-state index in [4.69, 9.17) is 5.73 Å². The van der Waals surface area contributed by atoms with Crippen molar-refractivity contribution in [2.75, 3.05) is 12.3 Å². The Labute approximate surface area is 164 Å². The molecule has 28 heavy (non-hydrogen) atoms. The molecule has 1 aromatic heterocycles. The van der Waals surface area contributed by atoms with Gasteiger partial charge in [-0.3, -0.25) is 4.79 Å². The average Bonchev–Trinajstić information content (AvgIpc) is 3.03. The maximum atomic E-state index is 12.1. The van der Waals surface area contributed by atoms with E-state index in [0.717, 1.165) is 11.3 Å². The highest BCUT2D eigenvalue weighted by Crippen LogP contribution is 2.21. The van der Waals surface area contributed by atoms with Crippen LogP contribution in [0.4, 0.5) is 5.82 Å². The molecule has 0 aliphatic heterocycles. The summed E-state index contributed by atoms with van der Waals surface area (Å²) in [5.74, 6) is 0.325. The van der Waals surface area contributed by atoms with E-state index < -0.39 is 0 Å². The van der Waals surface area contributed by atoms with Gasteiger partial charge in [-0.2, -0.15) is 10.4 Å². The number of nitrogens with two attached hydrogens (primary N) is 1. The Morgan fingerprint density at radius 1 is 1.18 bits per heavy atom. The molecule has 0 bridgehead atoms. The predicted octanol–water partition coefficient (Wildman–Crippen LogP) is 2.93. The number of anilines is 1. The number of nitrogen functional groups attached to an aromatic ring is 1. The van der Waals surface area contributed by atoms with Crippen LogP contribution in [0, 0.1) is 18.3 Å². The van der Waals surface area contributed by atoms with E-state index in [1.165, 1.54) is 5.56 Å². The van der Waals surface area contributed by atoms with Gasteiger partial charge >= 0.3 is 0 Å². The molecule has 0 unspecified atom stereocenters. The second kappa shape index (κ2) is 8.87. The molecular weight excluding hydrogens is 350 g/mol. The van der Waals surface area contributed by atoms with Crippen molar-refractivity contribution in [2.45, 2.75) is 26.2 Å². The van der Waals surface area contributed by atoms with Crippen LogP contribution in [0.1, 0.15) is 28.8 Å². The number of para-hydroxylation sites is 1. The Morgan fingerprint density at radius 2 is 1.89 bits per heavy atom. The van der Waals surface area contributed by atoms with Crippen LogP contribution < -0.4 is 11.1 Å². The van der Waals surface area contributed by atoms with Gasteiger partial charge in [0.25, 0.3) is 0 Å². The summed E-state index contributed by atoms with van der Waals surface area (Å²) in [5.41, 5.74) is 10.1. The largest absolute Gasteiger partial charge is 0.382 e. The summed E-state index contributed by atoms with van der Waals surface area (Å²) in [6.07, 6.45) is 1.61. The summed E-state index contributed by atoms with van der Waals surface area (Å²) in [6.45, 7) is 2.54. The Balaban J connectivity index is 1.55. The van der Waals surface area contributed by atoms with Gasteiger partial charge < -0.3 is 11.1 Å². The lowest BCUT2D eigenvalue weighted by atomic mass is 10.1. The van der Waals surface area contributed by atoms with Crippen LogP contribution in [-0.4, -0.2) is 22.2 Å². The van der Waals surface area contributed by atoms with Crippen LogP contribution in [-0.2, 0) is 17.6 Å².